The van der Waals surface area contributed by atoms with Crippen molar-refractivity contribution in [2.24, 2.45) is 23.2 Å². The molecule has 80 valence electrons. The molecule has 2 aliphatic rings. The van der Waals surface area contributed by atoms with E-state index < -0.39 is 5.60 Å². The average Bonchev–Trinajstić information content (AvgIpc) is 2.60. The zero-order valence-corrected chi connectivity index (χ0v) is 9.75. The van der Waals surface area contributed by atoms with Crippen LogP contribution in [-0.4, -0.2) is 10.7 Å². The van der Waals surface area contributed by atoms with E-state index in [9.17, 15) is 5.11 Å². The van der Waals surface area contributed by atoms with Crippen molar-refractivity contribution < 1.29 is 5.11 Å². The Bertz CT molecular complexity index is 262. The van der Waals surface area contributed by atoms with Crippen LogP contribution < -0.4 is 0 Å². The minimum absolute atomic E-state index is 0.277. The number of aliphatic hydroxyl groups is 1. The lowest BCUT2D eigenvalue weighted by Crippen LogP contribution is -2.45. The molecule has 1 N–H and O–H groups in total. The van der Waals surface area contributed by atoms with Gasteiger partial charge in [-0.3, -0.25) is 0 Å². The number of hydrogen-bond donors (Lipinski definition) is 1. The molecular formula is C13H22O. The monoisotopic (exact) mass is 194 g/mol. The van der Waals surface area contributed by atoms with Gasteiger partial charge in [0.1, 0.15) is 0 Å². The summed E-state index contributed by atoms with van der Waals surface area (Å²) < 4.78 is 0. The van der Waals surface area contributed by atoms with Crippen molar-refractivity contribution in [1.29, 1.82) is 0 Å². The smallest absolute Gasteiger partial charge is 0.0656 e. The first-order valence-electron chi connectivity index (χ1n) is 5.80. The summed E-state index contributed by atoms with van der Waals surface area (Å²) >= 11 is 0. The highest BCUT2D eigenvalue weighted by molar-refractivity contribution is 5.19. The Balaban J connectivity index is 2.33. The molecule has 1 heteroatoms. The Kier molecular flexibility index (Phi) is 2.08. The van der Waals surface area contributed by atoms with E-state index >= 15 is 0 Å². The van der Waals surface area contributed by atoms with E-state index in [1.165, 1.54) is 6.42 Å². The van der Waals surface area contributed by atoms with Crippen LogP contribution in [-0.2, 0) is 0 Å². The lowest BCUT2D eigenvalue weighted by molar-refractivity contribution is -0.0610. The standard InChI is InChI=1S/C13H22O/c1-5-13(4,14)11-9-6-7-10(8-9)12(11,2)3/h6-7,9-11,14H,5,8H2,1-4H3. The maximum absolute atomic E-state index is 10.4. The van der Waals surface area contributed by atoms with Gasteiger partial charge in [-0.05, 0) is 42.9 Å². The maximum atomic E-state index is 10.4. The maximum Gasteiger partial charge on any atom is 0.0656 e. The number of fused-ring (bicyclic) bond motifs is 2. The minimum Gasteiger partial charge on any atom is -0.390 e. The fourth-order valence-corrected chi connectivity index (χ4v) is 3.79. The zero-order chi connectivity index (χ0) is 10.6. The van der Waals surface area contributed by atoms with Crippen molar-refractivity contribution in [3.8, 4) is 0 Å². The third-order valence-electron chi connectivity index (χ3n) is 4.69. The summed E-state index contributed by atoms with van der Waals surface area (Å²) in [6.07, 6.45) is 6.80. The van der Waals surface area contributed by atoms with E-state index in [0.29, 0.717) is 17.8 Å². The fourth-order valence-electron chi connectivity index (χ4n) is 3.79. The zero-order valence-electron chi connectivity index (χ0n) is 9.75. The summed E-state index contributed by atoms with van der Waals surface area (Å²) in [6.45, 7) is 8.73. The van der Waals surface area contributed by atoms with Crippen LogP contribution in [0.4, 0.5) is 0 Å². The number of hydrogen-bond acceptors (Lipinski definition) is 1. The molecule has 14 heavy (non-hydrogen) atoms. The quantitative estimate of drug-likeness (QED) is 0.670. The van der Waals surface area contributed by atoms with Crippen molar-refractivity contribution in [2.75, 3.05) is 0 Å². The van der Waals surface area contributed by atoms with Crippen molar-refractivity contribution in [1.82, 2.24) is 0 Å². The van der Waals surface area contributed by atoms with Gasteiger partial charge in [-0.2, -0.15) is 0 Å². The molecule has 2 rings (SSSR count). The van der Waals surface area contributed by atoms with Crippen LogP contribution in [0.25, 0.3) is 0 Å². The highest BCUT2D eigenvalue weighted by atomic mass is 16.3. The normalized spacial score (nSPS) is 42.8. The lowest BCUT2D eigenvalue weighted by Gasteiger charge is -2.44. The molecule has 2 bridgehead atoms. The summed E-state index contributed by atoms with van der Waals surface area (Å²) in [4.78, 5) is 0. The topological polar surface area (TPSA) is 20.2 Å². The molecule has 4 atom stereocenters. The summed E-state index contributed by atoms with van der Waals surface area (Å²) in [5.41, 5.74) is -0.216. The first-order valence-corrected chi connectivity index (χ1v) is 5.80. The lowest BCUT2D eigenvalue weighted by atomic mass is 9.64. The van der Waals surface area contributed by atoms with Gasteiger partial charge in [0, 0.05) is 0 Å². The third-order valence-corrected chi connectivity index (χ3v) is 4.69. The Morgan fingerprint density at radius 1 is 1.43 bits per heavy atom. The minimum atomic E-state index is -0.492. The van der Waals surface area contributed by atoms with E-state index in [1.54, 1.807) is 0 Å². The summed E-state index contributed by atoms with van der Waals surface area (Å²) in [7, 11) is 0. The molecule has 2 aliphatic carbocycles. The molecule has 1 nitrogen and oxygen atoms in total. The Labute approximate surface area is 87.2 Å². The second-order valence-electron chi connectivity index (χ2n) is 5.90. The summed E-state index contributed by atoms with van der Waals surface area (Å²) in [5.74, 6) is 1.75. The molecule has 1 fully saturated rings. The van der Waals surface area contributed by atoms with Gasteiger partial charge in [0.2, 0.25) is 0 Å². The SMILES string of the molecule is CCC(C)(O)C1C2C=CC(C2)C1(C)C. The van der Waals surface area contributed by atoms with Crippen LogP contribution in [0.1, 0.15) is 40.5 Å². The Hall–Kier alpha value is -0.300. The second kappa shape index (κ2) is 2.85. The number of allylic oxidation sites excluding steroid dienone is 2. The Morgan fingerprint density at radius 3 is 2.50 bits per heavy atom. The van der Waals surface area contributed by atoms with Gasteiger partial charge in [-0.25, -0.2) is 0 Å². The molecule has 0 aromatic carbocycles. The summed E-state index contributed by atoms with van der Waals surface area (Å²) in [5, 5.41) is 10.4. The van der Waals surface area contributed by atoms with E-state index in [2.05, 4.69) is 32.9 Å². The number of rotatable bonds is 2. The molecule has 0 aromatic heterocycles. The van der Waals surface area contributed by atoms with E-state index in [0.717, 1.165) is 6.42 Å². The van der Waals surface area contributed by atoms with Crippen molar-refractivity contribution in [3.63, 3.8) is 0 Å². The molecule has 4 unspecified atom stereocenters. The van der Waals surface area contributed by atoms with Gasteiger partial charge in [0.25, 0.3) is 0 Å². The van der Waals surface area contributed by atoms with Crippen LogP contribution >= 0.6 is 0 Å². The highest BCUT2D eigenvalue weighted by Gasteiger charge is 2.55. The van der Waals surface area contributed by atoms with Gasteiger partial charge in [-0.1, -0.05) is 32.9 Å². The first kappa shape index (κ1) is 10.2. The fraction of sp³-hybridized carbons (Fsp3) is 0.846. The average molecular weight is 194 g/mol. The molecule has 0 saturated heterocycles. The molecule has 0 aliphatic heterocycles. The largest absolute Gasteiger partial charge is 0.390 e. The van der Waals surface area contributed by atoms with Crippen LogP contribution in [0, 0.1) is 23.2 Å². The summed E-state index contributed by atoms with van der Waals surface area (Å²) in [6, 6.07) is 0. The molecule has 0 amide bonds. The van der Waals surface area contributed by atoms with Crippen molar-refractivity contribution in [2.45, 2.75) is 46.1 Å². The van der Waals surface area contributed by atoms with Gasteiger partial charge < -0.3 is 5.11 Å². The predicted molar refractivity (Wildman–Crippen MR) is 58.9 cm³/mol. The van der Waals surface area contributed by atoms with Crippen LogP contribution in [0.15, 0.2) is 12.2 Å². The molecule has 0 heterocycles. The Morgan fingerprint density at radius 2 is 2.07 bits per heavy atom. The van der Waals surface area contributed by atoms with E-state index in [1.807, 2.05) is 6.92 Å². The van der Waals surface area contributed by atoms with Gasteiger partial charge >= 0.3 is 0 Å². The molecule has 1 saturated carbocycles. The van der Waals surface area contributed by atoms with Gasteiger partial charge in [0.05, 0.1) is 5.60 Å². The third kappa shape index (κ3) is 1.18. The molecule has 0 spiro atoms. The van der Waals surface area contributed by atoms with E-state index in [-0.39, 0.29) is 5.41 Å². The van der Waals surface area contributed by atoms with E-state index in [4.69, 9.17) is 0 Å². The highest BCUT2D eigenvalue weighted by Crippen LogP contribution is 2.59. The van der Waals surface area contributed by atoms with Crippen molar-refractivity contribution >= 4 is 0 Å². The molecule has 0 radical (unpaired) electrons. The van der Waals surface area contributed by atoms with Crippen LogP contribution in [0.2, 0.25) is 0 Å². The second-order valence-corrected chi connectivity index (χ2v) is 5.90. The van der Waals surface area contributed by atoms with Crippen molar-refractivity contribution in [3.05, 3.63) is 12.2 Å². The molecular weight excluding hydrogens is 172 g/mol. The molecule has 0 aromatic rings. The first-order chi connectivity index (χ1) is 6.39. The van der Waals surface area contributed by atoms with Gasteiger partial charge in [-0.15, -0.1) is 0 Å². The van der Waals surface area contributed by atoms with Gasteiger partial charge in [0.15, 0.2) is 0 Å². The van der Waals surface area contributed by atoms with Crippen LogP contribution in [0.5, 0.6) is 0 Å². The predicted octanol–water partition coefficient (Wildman–Crippen LogP) is 3.00. The van der Waals surface area contributed by atoms with Crippen LogP contribution in [0.3, 0.4) is 0 Å².